The molecule has 3 saturated carbocycles. The van der Waals surface area contributed by atoms with Crippen LogP contribution in [-0.4, -0.2) is 46.2 Å². The van der Waals surface area contributed by atoms with Gasteiger partial charge in [0.1, 0.15) is 12.0 Å². The lowest BCUT2D eigenvalue weighted by atomic mass is 9.35. The Bertz CT molecular complexity index is 1040. The molecular weight excluding hydrogens is 406 g/mol. The quantitative estimate of drug-likeness (QED) is 0.758. The van der Waals surface area contributed by atoms with Crippen molar-refractivity contribution >= 4 is 11.9 Å². The number of benzene rings is 1. The number of likely N-dealkylation sites (tertiary alicyclic amines) is 1. The second-order valence-corrected chi connectivity index (χ2v) is 9.15. The average Bonchev–Trinajstić information content (AvgIpc) is 3.08. The van der Waals surface area contributed by atoms with E-state index in [4.69, 9.17) is 9.84 Å². The Balaban J connectivity index is 1.23. The number of aromatic carboxylic acids is 1. The summed E-state index contributed by atoms with van der Waals surface area (Å²) in [6, 6.07) is 8.36. The summed E-state index contributed by atoms with van der Waals surface area (Å²) in [5.41, 5.74) is 0.115. The van der Waals surface area contributed by atoms with Crippen LogP contribution in [0.2, 0.25) is 0 Å². The number of carboxylic acids is 1. The fourth-order valence-corrected chi connectivity index (χ4v) is 5.57. The van der Waals surface area contributed by atoms with Crippen molar-refractivity contribution in [1.29, 1.82) is 0 Å². The molecule has 8 heteroatoms. The summed E-state index contributed by atoms with van der Waals surface area (Å²) in [7, 11) is 0. The normalized spacial score (nSPS) is 31.0. The highest BCUT2D eigenvalue weighted by Crippen LogP contribution is 2.74. The Kier molecular flexibility index (Phi) is 4.50. The van der Waals surface area contributed by atoms with E-state index in [1.54, 1.807) is 17.0 Å². The number of aromatic nitrogens is 1. The van der Waals surface area contributed by atoms with Crippen LogP contribution in [0.3, 0.4) is 0 Å². The Labute approximate surface area is 177 Å². The maximum Gasteiger partial charge on any atom is 0.335 e. The zero-order valence-corrected chi connectivity index (χ0v) is 16.8. The number of carbonyl (C=O) groups excluding carboxylic acids is 1. The molecule has 4 fully saturated rings. The Hall–Kier alpha value is -3.03. The Morgan fingerprint density at radius 3 is 2.71 bits per heavy atom. The van der Waals surface area contributed by atoms with Crippen LogP contribution in [-0.2, 0) is 4.79 Å². The highest BCUT2D eigenvalue weighted by atomic mass is 19.1. The van der Waals surface area contributed by atoms with E-state index in [0.717, 1.165) is 0 Å². The van der Waals surface area contributed by atoms with Crippen LogP contribution in [0.1, 0.15) is 47.6 Å². The Morgan fingerprint density at radius 2 is 2.00 bits per heavy atom. The number of hydrogen-bond acceptors (Lipinski definition) is 4. The number of alkyl halides is 1. The molecule has 3 aliphatic carbocycles. The number of carboxylic acid groups (broad SMARTS) is 1. The molecule has 1 saturated heterocycles. The largest absolute Gasteiger partial charge is 0.478 e. The van der Waals surface area contributed by atoms with E-state index in [1.807, 2.05) is 0 Å². The van der Waals surface area contributed by atoms with E-state index in [1.165, 1.54) is 30.5 Å². The van der Waals surface area contributed by atoms with Gasteiger partial charge in [0.2, 0.25) is 11.8 Å². The molecule has 1 N–H and O–H groups in total. The lowest BCUT2D eigenvalue weighted by molar-refractivity contribution is -0.226. The van der Waals surface area contributed by atoms with E-state index in [9.17, 15) is 18.4 Å². The first-order valence-electron chi connectivity index (χ1n) is 10.3. The lowest BCUT2D eigenvalue weighted by Crippen LogP contribution is -2.69. The molecule has 1 amide bonds. The van der Waals surface area contributed by atoms with Crippen LogP contribution in [0.5, 0.6) is 5.88 Å². The zero-order valence-electron chi connectivity index (χ0n) is 16.8. The number of ether oxygens (including phenoxy) is 1. The average molecular weight is 428 g/mol. The SMILES string of the molecule is O=C(O)c1ccnc(OCC23CC(C(=O)N4CC(F)CC4c4cccc(F)c4)(C2)C3)c1. The van der Waals surface area contributed by atoms with Crippen LogP contribution < -0.4 is 4.74 Å². The first-order chi connectivity index (χ1) is 14.8. The smallest absolute Gasteiger partial charge is 0.335 e. The second-order valence-electron chi connectivity index (χ2n) is 9.15. The maximum absolute atomic E-state index is 14.2. The third kappa shape index (κ3) is 3.34. The van der Waals surface area contributed by atoms with E-state index in [0.29, 0.717) is 31.4 Å². The highest BCUT2D eigenvalue weighted by molar-refractivity contribution is 5.88. The molecule has 6 rings (SSSR count). The minimum absolute atomic E-state index is 0.0389. The molecule has 1 aliphatic heterocycles. The van der Waals surface area contributed by atoms with Gasteiger partial charge < -0.3 is 14.7 Å². The van der Waals surface area contributed by atoms with E-state index < -0.39 is 29.4 Å². The molecule has 0 radical (unpaired) electrons. The van der Waals surface area contributed by atoms with Gasteiger partial charge in [-0.3, -0.25) is 4.79 Å². The molecule has 2 heterocycles. The zero-order chi connectivity index (χ0) is 21.8. The molecule has 6 nitrogen and oxygen atoms in total. The highest BCUT2D eigenvalue weighted by Gasteiger charge is 2.72. The van der Waals surface area contributed by atoms with Gasteiger partial charge in [0, 0.05) is 24.1 Å². The van der Waals surface area contributed by atoms with Gasteiger partial charge in [0.25, 0.3) is 0 Å². The van der Waals surface area contributed by atoms with E-state index >= 15 is 0 Å². The van der Waals surface area contributed by atoms with E-state index in [2.05, 4.69) is 4.98 Å². The molecular formula is C23H22F2N2O4. The van der Waals surface area contributed by atoms with Crippen molar-refractivity contribution in [3.05, 3.63) is 59.5 Å². The van der Waals surface area contributed by atoms with E-state index in [-0.39, 0.29) is 35.7 Å². The van der Waals surface area contributed by atoms with Gasteiger partial charge in [0.05, 0.1) is 30.2 Å². The molecule has 1 aromatic heterocycles. The molecule has 2 aromatic rings. The van der Waals surface area contributed by atoms with Crippen molar-refractivity contribution in [2.75, 3.05) is 13.2 Å². The second kappa shape index (κ2) is 7.00. The fourth-order valence-electron chi connectivity index (χ4n) is 5.57. The minimum atomic E-state index is -1.12. The third-order valence-electron chi connectivity index (χ3n) is 6.85. The number of carbonyl (C=O) groups is 2. The maximum atomic E-state index is 14.2. The monoisotopic (exact) mass is 428 g/mol. The molecule has 2 atom stereocenters. The third-order valence-corrected chi connectivity index (χ3v) is 6.85. The number of pyridine rings is 1. The van der Waals surface area contributed by atoms with Gasteiger partial charge in [0.15, 0.2) is 0 Å². The van der Waals surface area contributed by atoms with Crippen molar-refractivity contribution in [2.24, 2.45) is 10.8 Å². The lowest BCUT2D eigenvalue weighted by Gasteiger charge is -2.69. The molecule has 2 bridgehead atoms. The summed E-state index contributed by atoms with van der Waals surface area (Å²) >= 11 is 0. The summed E-state index contributed by atoms with van der Waals surface area (Å²) in [5, 5.41) is 9.07. The van der Waals surface area contributed by atoms with Gasteiger partial charge in [-0.15, -0.1) is 0 Å². The molecule has 0 spiro atoms. The predicted molar refractivity (Wildman–Crippen MR) is 106 cm³/mol. The molecule has 162 valence electrons. The van der Waals surface area contributed by atoms with Gasteiger partial charge in [-0.1, -0.05) is 12.1 Å². The molecule has 1 aromatic carbocycles. The van der Waals surface area contributed by atoms with Gasteiger partial charge in [-0.05, 0) is 43.0 Å². The van der Waals surface area contributed by atoms with Crippen molar-refractivity contribution in [1.82, 2.24) is 9.88 Å². The molecule has 31 heavy (non-hydrogen) atoms. The van der Waals surface area contributed by atoms with Gasteiger partial charge >= 0.3 is 5.97 Å². The van der Waals surface area contributed by atoms with Crippen LogP contribution in [0.4, 0.5) is 8.78 Å². The number of rotatable bonds is 6. The number of halogens is 2. The summed E-state index contributed by atoms with van der Waals surface area (Å²) < 4.78 is 33.6. The summed E-state index contributed by atoms with van der Waals surface area (Å²) in [6.45, 7) is 0.397. The van der Waals surface area contributed by atoms with Gasteiger partial charge in [-0.2, -0.15) is 0 Å². The summed E-state index contributed by atoms with van der Waals surface area (Å²) in [5.74, 6) is -1.26. The van der Waals surface area contributed by atoms with Crippen molar-refractivity contribution < 1.29 is 28.2 Å². The standard InChI is InChI=1S/C23H22F2N2O4/c24-16-3-1-2-14(6-16)18-8-17(25)9-27(18)21(30)23-10-22(11-23,12-23)13-31-19-7-15(20(28)29)4-5-26-19/h1-7,17-18H,8-13H2,(H,28,29). The first kappa shape index (κ1) is 19.9. The van der Waals surface area contributed by atoms with Crippen LogP contribution in [0.25, 0.3) is 0 Å². The number of hydrogen-bond donors (Lipinski definition) is 1. The van der Waals surface area contributed by atoms with Gasteiger partial charge in [-0.25, -0.2) is 18.6 Å². The topological polar surface area (TPSA) is 79.7 Å². The predicted octanol–water partition coefficient (Wildman–Crippen LogP) is 3.78. The number of amides is 1. The molecule has 2 unspecified atom stereocenters. The van der Waals surface area contributed by atoms with Crippen LogP contribution in [0.15, 0.2) is 42.6 Å². The number of nitrogens with zero attached hydrogens (tertiary/aromatic N) is 2. The Morgan fingerprint density at radius 1 is 1.23 bits per heavy atom. The van der Waals surface area contributed by atoms with Crippen LogP contribution >= 0.6 is 0 Å². The van der Waals surface area contributed by atoms with Crippen molar-refractivity contribution in [3.63, 3.8) is 0 Å². The molecule has 4 aliphatic rings. The van der Waals surface area contributed by atoms with Crippen molar-refractivity contribution in [3.8, 4) is 5.88 Å². The fraction of sp³-hybridized carbons (Fsp3) is 0.435. The summed E-state index contributed by atoms with van der Waals surface area (Å²) in [6.07, 6.45) is 2.42. The van der Waals surface area contributed by atoms with Crippen molar-refractivity contribution in [2.45, 2.75) is 37.9 Å². The first-order valence-corrected chi connectivity index (χ1v) is 10.3. The van der Waals surface area contributed by atoms with Crippen LogP contribution in [0, 0.1) is 16.6 Å². The summed E-state index contributed by atoms with van der Waals surface area (Å²) in [4.78, 5) is 30.0. The minimum Gasteiger partial charge on any atom is -0.478 e.